The Balaban J connectivity index is 1.28. The van der Waals surface area contributed by atoms with Gasteiger partial charge in [-0.05, 0) is 43.7 Å². The smallest absolute Gasteiger partial charge is 0.320 e. The molecular weight excluding hydrogens is 318 g/mol. The summed E-state index contributed by atoms with van der Waals surface area (Å²) in [7, 11) is 1.80. The van der Waals surface area contributed by atoms with Crippen LogP contribution in [0.25, 0.3) is 11.5 Å². The van der Waals surface area contributed by atoms with Crippen LogP contribution in [-0.2, 0) is 7.05 Å². The fourth-order valence-electron chi connectivity index (χ4n) is 3.39. The number of amides is 2. The van der Waals surface area contributed by atoms with Crippen LogP contribution in [0.3, 0.4) is 0 Å². The maximum absolute atomic E-state index is 12.3. The lowest BCUT2D eigenvalue weighted by molar-refractivity contribution is 0.190. The van der Waals surface area contributed by atoms with Crippen LogP contribution in [-0.4, -0.2) is 46.4 Å². The minimum Gasteiger partial charge on any atom is -0.463 e. The van der Waals surface area contributed by atoms with Gasteiger partial charge in [-0.25, -0.2) is 4.79 Å². The van der Waals surface area contributed by atoms with Crippen LogP contribution < -0.4 is 10.6 Å². The van der Waals surface area contributed by atoms with Crippen molar-refractivity contribution in [1.82, 2.24) is 20.0 Å². The number of rotatable bonds is 5. The molecule has 25 heavy (non-hydrogen) atoms. The monoisotopic (exact) mass is 343 g/mol. The van der Waals surface area contributed by atoms with E-state index >= 15 is 0 Å². The van der Waals surface area contributed by atoms with E-state index in [4.69, 9.17) is 4.42 Å². The van der Waals surface area contributed by atoms with E-state index in [0.29, 0.717) is 17.3 Å². The maximum Gasteiger partial charge on any atom is 0.320 e. The first-order chi connectivity index (χ1) is 12.2. The molecule has 0 radical (unpaired) electrons. The molecule has 2 aromatic rings. The van der Waals surface area contributed by atoms with Crippen molar-refractivity contribution in [3.05, 3.63) is 24.5 Å². The molecule has 4 rings (SSSR count). The number of nitrogens with zero attached hydrogens (tertiary/aromatic N) is 3. The molecule has 134 valence electrons. The molecule has 0 atom stereocenters. The second-order valence-corrected chi connectivity index (χ2v) is 7.13. The molecule has 1 aliphatic carbocycles. The number of hydrogen-bond donors (Lipinski definition) is 2. The van der Waals surface area contributed by atoms with Crippen LogP contribution >= 0.6 is 0 Å². The topological polar surface area (TPSA) is 75.3 Å². The molecule has 7 nitrogen and oxygen atoms in total. The standard InChI is InChI=1S/C18H25N5O2/c1-22-17(11-15(21-22)16-3-2-10-25-16)20-18(24)19-14-6-8-23(9-7-14)12-13-4-5-13/h2-3,10-11,13-14H,4-9,12H2,1H3,(H2,19,20,24). The molecule has 0 unspecified atom stereocenters. The van der Waals surface area contributed by atoms with Gasteiger partial charge in [-0.1, -0.05) is 0 Å². The van der Waals surface area contributed by atoms with Crippen molar-refractivity contribution in [2.24, 2.45) is 13.0 Å². The van der Waals surface area contributed by atoms with Crippen molar-refractivity contribution in [2.75, 3.05) is 25.0 Å². The average Bonchev–Trinajstić information content (AvgIpc) is 3.09. The first-order valence-electron chi connectivity index (χ1n) is 9.05. The number of piperidine rings is 1. The lowest BCUT2D eigenvalue weighted by atomic mass is 10.1. The summed E-state index contributed by atoms with van der Waals surface area (Å²) >= 11 is 0. The Kier molecular flexibility index (Phi) is 4.48. The minimum absolute atomic E-state index is 0.172. The molecule has 2 aromatic heterocycles. The highest BCUT2D eigenvalue weighted by molar-refractivity contribution is 5.89. The second-order valence-electron chi connectivity index (χ2n) is 7.13. The predicted octanol–water partition coefficient (Wildman–Crippen LogP) is 2.68. The number of furan rings is 1. The zero-order valence-corrected chi connectivity index (χ0v) is 14.6. The minimum atomic E-state index is -0.172. The van der Waals surface area contributed by atoms with Gasteiger partial charge in [0.25, 0.3) is 0 Å². The van der Waals surface area contributed by atoms with E-state index in [1.165, 1.54) is 19.4 Å². The van der Waals surface area contributed by atoms with Gasteiger partial charge in [-0.2, -0.15) is 5.10 Å². The van der Waals surface area contributed by atoms with E-state index in [9.17, 15) is 4.79 Å². The highest BCUT2D eigenvalue weighted by atomic mass is 16.3. The third-order valence-electron chi connectivity index (χ3n) is 5.03. The molecule has 1 saturated carbocycles. The zero-order valence-electron chi connectivity index (χ0n) is 14.6. The maximum atomic E-state index is 12.3. The van der Waals surface area contributed by atoms with E-state index in [-0.39, 0.29) is 12.1 Å². The van der Waals surface area contributed by atoms with Gasteiger partial charge in [-0.3, -0.25) is 10.00 Å². The summed E-state index contributed by atoms with van der Waals surface area (Å²) in [5, 5.41) is 10.3. The van der Waals surface area contributed by atoms with E-state index in [1.807, 2.05) is 18.2 Å². The van der Waals surface area contributed by atoms with Crippen LogP contribution in [0.4, 0.5) is 10.6 Å². The normalized spacial score (nSPS) is 19.1. The summed E-state index contributed by atoms with van der Waals surface area (Å²) in [6.45, 7) is 3.40. The first kappa shape index (κ1) is 16.2. The Labute approximate surface area is 147 Å². The van der Waals surface area contributed by atoms with E-state index in [1.54, 1.807) is 18.0 Å². The molecule has 2 N–H and O–H groups in total. The summed E-state index contributed by atoms with van der Waals surface area (Å²) in [6, 6.07) is 5.56. The number of nitrogens with one attached hydrogen (secondary N) is 2. The lowest BCUT2D eigenvalue weighted by Gasteiger charge is -2.32. The molecule has 1 aliphatic heterocycles. The van der Waals surface area contributed by atoms with Gasteiger partial charge in [0.1, 0.15) is 11.5 Å². The van der Waals surface area contributed by atoms with Crippen molar-refractivity contribution >= 4 is 11.8 Å². The van der Waals surface area contributed by atoms with Gasteiger partial charge in [0.05, 0.1) is 6.26 Å². The number of aryl methyl sites for hydroxylation is 1. The Morgan fingerprint density at radius 2 is 2.12 bits per heavy atom. The van der Waals surface area contributed by atoms with Crippen LogP contribution in [0.5, 0.6) is 0 Å². The molecule has 3 heterocycles. The number of hydrogen-bond acceptors (Lipinski definition) is 4. The average molecular weight is 343 g/mol. The third kappa shape index (κ3) is 4.04. The third-order valence-corrected chi connectivity index (χ3v) is 5.03. The van der Waals surface area contributed by atoms with E-state index < -0.39 is 0 Å². The van der Waals surface area contributed by atoms with Crippen molar-refractivity contribution in [2.45, 2.75) is 31.7 Å². The Hall–Kier alpha value is -2.28. The van der Waals surface area contributed by atoms with Gasteiger partial charge in [0.15, 0.2) is 5.76 Å². The number of likely N-dealkylation sites (tertiary alicyclic amines) is 1. The van der Waals surface area contributed by atoms with Crippen LogP contribution in [0.2, 0.25) is 0 Å². The molecule has 1 saturated heterocycles. The fraction of sp³-hybridized carbons (Fsp3) is 0.556. The van der Waals surface area contributed by atoms with Gasteiger partial charge >= 0.3 is 6.03 Å². The van der Waals surface area contributed by atoms with Gasteiger partial charge in [0, 0.05) is 38.8 Å². The van der Waals surface area contributed by atoms with Crippen LogP contribution in [0.1, 0.15) is 25.7 Å². The molecule has 0 bridgehead atoms. The highest BCUT2D eigenvalue weighted by Gasteiger charge is 2.27. The summed E-state index contributed by atoms with van der Waals surface area (Å²) in [4.78, 5) is 14.8. The lowest BCUT2D eigenvalue weighted by Crippen LogP contribution is -2.46. The first-order valence-corrected chi connectivity index (χ1v) is 9.05. The largest absolute Gasteiger partial charge is 0.463 e. The molecule has 2 fully saturated rings. The summed E-state index contributed by atoms with van der Waals surface area (Å²) < 4.78 is 7.00. The van der Waals surface area contributed by atoms with Crippen LogP contribution in [0, 0.1) is 5.92 Å². The van der Waals surface area contributed by atoms with E-state index in [0.717, 1.165) is 31.8 Å². The van der Waals surface area contributed by atoms with Gasteiger partial charge < -0.3 is 14.6 Å². The van der Waals surface area contributed by atoms with Crippen molar-refractivity contribution < 1.29 is 9.21 Å². The summed E-state index contributed by atoms with van der Waals surface area (Å²) in [5.41, 5.74) is 0.705. The number of carbonyl (C=O) groups is 1. The van der Waals surface area contributed by atoms with Crippen molar-refractivity contribution in [3.8, 4) is 11.5 Å². The molecule has 2 aliphatic rings. The molecule has 0 aromatic carbocycles. The van der Waals surface area contributed by atoms with Crippen molar-refractivity contribution in [1.29, 1.82) is 0 Å². The quantitative estimate of drug-likeness (QED) is 0.875. The van der Waals surface area contributed by atoms with Crippen LogP contribution in [0.15, 0.2) is 28.9 Å². The van der Waals surface area contributed by atoms with Gasteiger partial charge in [0.2, 0.25) is 0 Å². The number of anilines is 1. The number of carbonyl (C=O) groups excluding carboxylic acids is 1. The second kappa shape index (κ2) is 6.92. The Bertz CT molecular complexity index is 712. The SMILES string of the molecule is Cn1nc(-c2ccco2)cc1NC(=O)NC1CCN(CC2CC2)CC1. The number of aromatic nitrogens is 2. The van der Waals surface area contributed by atoms with Gasteiger partial charge in [-0.15, -0.1) is 0 Å². The zero-order chi connectivity index (χ0) is 17.2. The predicted molar refractivity (Wildman–Crippen MR) is 95.3 cm³/mol. The Morgan fingerprint density at radius 3 is 2.80 bits per heavy atom. The highest BCUT2D eigenvalue weighted by Crippen LogP contribution is 2.30. The molecule has 2 amide bonds. The molecule has 7 heteroatoms. The molecular formula is C18H25N5O2. The summed E-state index contributed by atoms with van der Waals surface area (Å²) in [5.74, 6) is 2.27. The fourth-order valence-corrected chi connectivity index (χ4v) is 3.39. The van der Waals surface area contributed by atoms with Crippen molar-refractivity contribution in [3.63, 3.8) is 0 Å². The Morgan fingerprint density at radius 1 is 1.32 bits per heavy atom. The number of urea groups is 1. The van der Waals surface area contributed by atoms with E-state index in [2.05, 4.69) is 20.6 Å². The molecule has 0 spiro atoms. The summed E-state index contributed by atoms with van der Waals surface area (Å²) in [6.07, 6.45) is 6.43.